The second-order valence-corrected chi connectivity index (χ2v) is 5.51. The summed E-state index contributed by atoms with van der Waals surface area (Å²) in [7, 11) is 0. The molecule has 1 fully saturated rings. The van der Waals surface area contributed by atoms with Gasteiger partial charge in [-0.05, 0) is 47.7 Å². The molecule has 0 aromatic carbocycles. The van der Waals surface area contributed by atoms with Crippen LogP contribution in [0.15, 0.2) is 16.7 Å². The summed E-state index contributed by atoms with van der Waals surface area (Å²) < 4.78 is 1.01. The van der Waals surface area contributed by atoms with E-state index in [-0.39, 0.29) is 0 Å². The molecule has 1 aliphatic rings. The van der Waals surface area contributed by atoms with Crippen LogP contribution in [0.1, 0.15) is 38.2 Å². The van der Waals surface area contributed by atoms with Gasteiger partial charge in [-0.2, -0.15) is 0 Å². The topological polar surface area (TPSA) is 42.2 Å². The van der Waals surface area contributed by atoms with Gasteiger partial charge in [0.2, 0.25) is 0 Å². The van der Waals surface area contributed by atoms with Crippen LogP contribution in [0.25, 0.3) is 0 Å². The van der Waals surface area contributed by atoms with Crippen LogP contribution >= 0.6 is 15.9 Å². The van der Waals surface area contributed by atoms with E-state index in [4.69, 9.17) is 5.73 Å². The molecule has 1 unspecified atom stereocenters. The Balaban J connectivity index is 2.30. The molecular weight excluding hydrogens is 278 g/mol. The third kappa shape index (κ3) is 2.80. The SMILES string of the molecule is CCC1CCCCN1c1ncc(Br)cc1CN. The molecule has 2 heterocycles. The van der Waals surface area contributed by atoms with E-state index in [1.807, 2.05) is 6.20 Å². The number of rotatable bonds is 3. The first-order valence-corrected chi connectivity index (χ1v) is 7.16. The fourth-order valence-electron chi connectivity index (χ4n) is 2.59. The average molecular weight is 298 g/mol. The molecular formula is C13H20BrN3. The maximum Gasteiger partial charge on any atom is 0.133 e. The van der Waals surface area contributed by atoms with Crippen molar-refractivity contribution in [1.82, 2.24) is 4.98 Å². The fourth-order valence-corrected chi connectivity index (χ4v) is 2.97. The smallest absolute Gasteiger partial charge is 0.133 e. The summed E-state index contributed by atoms with van der Waals surface area (Å²) in [6.45, 7) is 3.92. The maximum atomic E-state index is 5.83. The van der Waals surface area contributed by atoms with Crippen LogP contribution < -0.4 is 10.6 Å². The lowest BCUT2D eigenvalue weighted by molar-refractivity contribution is 0.445. The molecule has 0 saturated carbocycles. The lowest BCUT2D eigenvalue weighted by Crippen LogP contribution is -2.40. The Bertz CT molecular complexity index is 381. The van der Waals surface area contributed by atoms with Gasteiger partial charge >= 0.3 is 0 Å². The second-order valence-electron chi connectivity index (χ2n) is 4.59. The van der Waals surface area contributed by atoms with Crippen molar-refractivity contribution >= 4 is 21.7 Å². The Labute approximate surface area is 112 Å². The van der Waals surface area contributed by atoms with E-state index in [0.29, 0.717) is 12.6 Å². The number of aromatic nitrogens is 1. The second kappa shape index (κ2) is 5.83. The first-order chi connectivity index (χ1) is 8.26. The number of piperidine rings is 1. The predicted molar refractivity (Wildman–Crippen MR) is 75.1 cm³/mol. The zero-order chi connectivity index (χ0) is 12.3. The van der Waals surface area contributed by atoms with Crippen molar-refractivity contribution in [3.05, 3.63) is 22.3 Å². The zero-order valence-electron chi connectivity index (χ0n) is 10.3. The van der Waals surface area contributed by atoms with Gasteiger partial charge in [0, 0.05) is 35.4 Å². The highest BCUT2D eigenvalue weighted by molar-refractivity contribution is 9.10. The third-order valence-corrected chi connectivity index (χ3v) is 3.93. The highest BCUT2D eigenvalue weighted by Crippen LogP contribution is 2.28. The Kier molecular flexibility index (Phi) is 4.40. The van der Waals surface area contributed by atoms with Crippen LogP contribution in [-0.2, 0) is 6.54 Å². The molecule has 1 atom stereocenters. The summed E-state index contributed by atoms with van der Waals surface area (Å²) in [4.78, 5) is 7.01. The minimum atomic E-state index is 0.550. The van der Waals surface area contributed by atoms with Crippen LogP contribution in [0.5, 0.6) is 0 Å². The number of nitrogens with two attached hydrogens (primary N) is 1. The van der Waals surface area contributed by atoms with Crippen molar-refractivity contribution in [2.45, 2.75) is 45.2 Å². The van der Waals surface area contributed by atoms with E-state index in [1.165, 1.54) is 25.7 Å². The van der Waals surface area contributed by atoms with Gasteiger partial charge in [-0.15, -0.1) is 0 Å². The summed E-state index contributed by atoms with van der Waals surface area (Å²) in [5.74, 6) is 1.09. The predicted octanol–water partition coefficient (Wildman–Crippen LogP) is 3.07. The summed E-state index contributed by atoms with van der Waals surface area (Å²) in [6, 6.07) is 2.71. The normalized spacial score (nSPS) is 20.6. The largest absolute Gasteiger partial charge is 0.353 e. The quantitative estimate of drug-likeness (QED) is 0.932. The Morgan fingerprint density at radius 2 is 2.35 bits per heavy atom. The minimum absolute atomic E-state index is 0.550. The van der Waals surface area contributed by atoms with Crippen LogP contribution in [0, 0.1) is 0 Å². The summed E-state index contributed by atoms with van der Waals surface area (Å²) in [5.41, 5.74) is 6.96. The summed E-state index contributed by atoms with van der Waals surface area (Å²) in [5, 5.41) is 0. The Morgan fingerprint density at radius 1 is 1.53 bits per heavy atom. The third-order valence-electron chi connectivity index (χ3n) is 3.50. The van der Waals surface area contributed by atoms with E-state index < -0.39 is 0 Å². The Morgan fingerprint density at radius 3 is 3.06 bits per heavy atom. The number of pyridine rings is 1. The molecule has 0 bridgehead atoms. The first kappa shape index (κ1) is 12.8. The molecule has 1 aliphatic heterocycles. The molecule has 2 rings (SSSR count). The molecule has 1 aromatic heterocycles. The van der Waals surface area contributed by atoms with E-state index in [0.717, 1.165) is 22.4 Å². The maximum absolute atomic E-state index is 5.83. The van der Waals surface area contributed by atoms with Crippen LogP contribution in [0.4, 0.5) is 5.82 Å². The molecule has 2 N–H and O–H groups in total. The highest BCUT2D eigenvalue weighted by Gasteiger charge is 2.23. The van der Waals surface area contributed by atoms with Crippen molar-refractivity contribution in [3.63, 3.8) is 0 Å². The van der Waals surface area contributed by atoms with Gasteiger partial charge in [0.05, 0.1) is 0 Å². The number of nitrogens with zero attached hydrogens (tertiary/aromatic N) is 2. The van der Waals surface area contributed by atoms with Crippen molar-refractivity contribution in [2.24, 2.45) is 5.73 Å². The van der Waals surface area contributed by atoms with Crippen LogP contribution in [0.2, 0.25) is 0 Å². The van der Waals surface area contributed by atoms with Gasteiger partial charge in [0.15, 0.2) is 0 Å². The van der Waals surface area contributed by atoms with Gasteiger partial charge < -0.3 is 10.6 Å². The lowest BCUT2D eigenvalue weighted by atomic mass is 9.99. The fraction of sp³-hybridized carbons (Fsp3) is 0.615. The van der Waals surface area contributed by atoms with Crippen molar-refractivity contribution in [3.8, 4) is 0 Å². The number of hydrogen-bond acceptors (Lipinski definition) is 3. The van der Waals surface area contributed by atoms with Crippen molar-refractivity contribution < 1.29 is 0 Å². The van der Waals surface area contributed by atoms with Crippen molar-refractivity contribution in [1.29, 1.82) is 0 Å². The molecule has 1 saturated heterocycles. The lowest BCUT2D eigenvalue weighted by Gasteiger charge is -2.37. The van der Waals surface area contributed by atoms with Gasteiger partial charge in [-0.1, -0.05) is 6.92 Å². The molecule has 0 aliphatic carbocycles. The van der Waals surface area contributed by atoms with Crippen molar-refractivity contribution in [2.75, 3.05) is 11.4 Å². The monoisotopic (exact) mass is 297 g/mol. The molecule has 0 radical (unpaired) electrons. The first-order valence-electron chi connectivity index (χ1n) is 6.37. The number of anilines is 1. The standard InChI is InChI=1S/C13H20BrN3/c1-2-12-5-3-4-6-17(12)13-10(8-15)7-11(14)9-16-13/h7,9,12H,2-6,8,15H2,1H3. The molecule has 17 heavy (non-hydrogen) atoms. The van der Waals surface area contributed by atoms with E-state index in [1.54, 1.807) is 0 Å². The molecule has 0 spiro atoms. The van der Waals surface area contributed by atoms with E-state index >= 15 is 0 Å². The van der Waals surface area contributed by atoms with Gasteiger partial charge in [0.1, 0.15) is 5.82 Å². The zero-order valence-corrected chi connectivity index (χ0v) is 11.9. The minimum Gasteiger partial charge on any atom is -0.353 e. The van der Waals surface area contributed by atoms with Gasteiger partial charge in [0.25, 0.3) is 0 Å². The van der Waals surface area contributed by atoms with Gasteiger partial charge in [-0.25, -0.2) is 4.98 Å². The van der Waals surface area contributed by atoms with Crippen LogP contribution in [0.3, 0.4) is 0 Å². The molecule has 4 heteroatoms. The summed E-state index contributed by atoms with van der Waals surface area (Å²) in [6.07, 6.45) is 6.93. The molecule has 0 amide bonds. The molecule has 94 valence electrons. The highest BCUT2D eigenvalue weighted by atomic mass is 79.9. The van der Waals surface area contributed by atoms with Crippen LogP contribution in [-0.4, -0.2) is 17.6 Å². The summed E-state index contributed by atoms with van der Waals surface area (Å²) >= 11 is 3.46. The number of halogens is 1. The molecule has 3 nitrogen and oxygen atoms in total. The van der Waals surface area contributed by atoms with E-state index in [2.05, 4.69) is 38.8 Å². The number of hydrogen-bond donors (Lipinski definition) is 1. The van der Waals surface area contributed by atoms with E-state index in [9.17, 15) is 0 Å². The molecule has 1 aromatic rings. The average Bonchev–Trinajstić information content (AvgIpc) is 2.38. The Hall–Kier alpha value is -0.610. The van der Waals surface area contributed by atoms with Gasteiger partial charge in [-0.3, -0.25) is 0 Å².